The van der Waals surface area contributed by atoms with Gasteiger partial charge in [-0.15, -0.1) is 0 Å². The summed E-state index contributed by atoms with van der Waals surface area (Å²) in [5.41, 5.74) is 0. The molecule has 0 bridgehead atoms. The molecule has 13 heavy (non-hydrogen) atoms. The van der Waals surface area contributed by atoms with E-state index in [0.717, 1.165) is 0 Å². The number of nitrogens with one attached hydrogen (secondary N) is 1. The van der Waals surface area contributed by atoms with E-state index in [4.69, 9.17) is 4.18 Å². The summed E-state index contributed by atoms with van der Waals surface area (Å²) >= 11 is 0. The van der Waals surface area contributed by atoms with Crippen molar-refractivity contribution in [2.75, 3.05) is 19.3 Å². The highest BCUT2D eigenvalue weighted by molar-refractivity contribution is 7.95. The molecule has 0 aromatic carbocycles. The lowest BCUT2D eigenvalue weighted by Crippen LogP contribution is -2.54. The number of β-amino-alcohol motifs (C(OH)–C–C–N with tert-alkyl or cyclic N) is 1. The van der Waals surface area contributed by atoms with Crippen LogP contribution >= 0.6 is 0 Å². The van der Waals surface area contributed by atoms with Crippen LogP contribution in [0.15, 0.2) is 0 Å². The largest absolute Gasteiger partial charge is 0.389 e. The minimum absolute atomic E-state index is 0.322. The quantitative estimate of drug-likeness (QED) is 0.457. The maximum absolute atomic E-state index is 11.2. The normalized spacial score (nSPS) is 39.8. The molecule has 6 heteroatoms. The van der Waals surface area contributed by atoms with Crippen molar-refractivity contribution >= 4 is 15.7 Å². The van der Waals surface area contributed by atoms with Crippen molar-refractivity contribution in [2.24, 2.45) is 0 Å². The summed E-state index contributed by atoms with van der Waals surface area (Å²) in [6.07, 6.45) is -1.18. The van der Waals surface area contributed by atoms with Crippen LogP contribution in [0.4, 0.5) is 0 Å². The van der Waals surface area contributed by atoms with Gasteiger partial charge in [-0.3, -0.25) is 4.18 Å². The zero-order chi connectivity index (χ0) is 10.1. The first-order valence-electron chi connectivity index (χ1n) is 3.97. The predicted octanol–water partition coefficient (Wildman–Crippen LogP) is -2.04. The van der Waals surface area contributed by atoms with Crippen molar-refractivity contribution < 1.29 is 18.6 Å². The third-order valence-electron chi connectivity index (χ3n) is 1.80. The van der Waals surface area contributed by atoms with Crippen LogP contribution in [-0.4, -0.2) is 57.9 Å². The van der Waals surface area contributed by atoms with Crippen molar-refractivity contribution in [1.82, 2.24) is 5.32 Å². The highest BCUT2D eigenvalue weighted by atomic mass is 32.2. The van der Waals surface area contributed by atoms with Gasteiger partial charge >= 0.3 is 0 Å². The molecule has 1 aliphatic heterocycles. The summed E-state index contributed by atoms with van der Waals surface area (Å²) < 4.78 is 16.2. The number of piperidine rings is 1. The predicted molar refractivity (Wildman–Crippen MR) is 50.9 cm³/mol. The fourth-order valence-corrected chi connectivity index (χ4v) is 1.92. The molecule has 0 amide bonds. The molecule has 0 spiro atoms. The van der Waals surface area contributed by atoms with E-state index in [9.17, 15) is 14.4 Å². The number of hydrogen-bond donors (Lipinski definition) is 3. The monoisotopic (exact) mass is 209 g/mol. The Morgan fingerprint density at radius 2 is 2.15 bits per heavy atom. The van der Waals surface area contributed by atoms with Crippen LogP contribution in [0.1, 0.15) is 0 Å². The molecule has 0 aliphatic carbocycles. The molecular weight excluding hydrogens is 194 g/mol. The number of aliphatic hydroxyl groups excluding tert-OH is 2. The molecule has 0 aromatic rings. The molecule has 0 radical (unpaired) electrons. The van der Waals surface area contributed by atoms with Crippen LogP contribution in [0.5, 0.6) is 0 Å². The van der Waals surface area contributed by atoms with Crippen LogP contribution in [-0.2, 0) is 14.0 Å². The van der Waals surface area contributed by atoms with Crippen LogP contribution < -0.4 is 5.32 Å². The van der Waals surface area contributed by atoms with Gasteiger partial charge in [0, 0.05) is 19.3 Å². The summed E-state index contributed by atoms with van der Waals surface area (Å²) in [5, 5.41) is 21.5. The summed E-state index contributed by atoms with van der Waals surface area (Å²) in [4.78, 5) is 0. The number of aliphatic hydroxyl groups is 2. The second-order valence-electron chi connectivity index (χ2n) is 3.28. The fourth-order valence-electron chi connectivity index (χ4n) is 1.22. The van der Waals surface area contributed by atoms with Gasteiger partial charge in [0.05, 0.1) is 15.9 Å². The Hall–Kier alpha value is -0.140. The molecule has 0 aromatic heterocycles. The van der Waals surface area contributed by atoms with Crippen LogP contribution in [0.3, 0.4) is 0 Å². The minimum Gasteiger partial charge on any atom is -0.389 e. The van der Waals surface area contributed by atoms with Gasteiger partial charge in [0.2, 0.25) is 0 Å². The lowest BCUT2D eigenvalue weighted by atomic mass is 10.0. The SMILES string of the molecule is C=S(C)(=O)O[C@@H]1CNC[C@H](O)[C@@H]1O. The summed E-state index contributed by atoms with van der Waals surface area (Å²) in [5.74, 6) is 3.31. The molecular formula is C7H15NO4S. The van der Waals surface area contributed by atoms with Crippen LogP contribution in [0.25, 0.3) is 0 Å². The lowest BCUT2D eigenvalue weighted by molar-refractivity contribution is -0.0615. The Labute approximate surface area is 77.9 Å². The molecule has 0 saturated carbocycles. The minimum atomic E-state index is -2.59. The molecule has 1 unspecified atom stereocenters. The summed E-state index contributed by atoms with van der Waals surface area (Å²) in [6.45, 7) is 0.696. The van der Waals surface area contributed by atoms with E-state index in [0.29, 0.717) is 13.1 Å². The maximum atomic E-state index is 11.2. The van der Waals surface area contributed by atoms with Crippen molar-refractivity contribution in [3.8, 4) is 0 Å². The van der Waals surface area contributed by atoms with Gasteiger partial charge in [-0.25, -0.2) is 4.21 Å². The van der Waals surface area contributed by atoms with Gasteiger partial charge in [-0.05, 0) is 5.87 Å². The Bertz CT molecular complexity index is 264. The zero-order valence-corrected chi connectivity index (χ0v) is 8.29. The van der Waals surface area contributed by atoms with Crippen molar-refractivity contribution in [3.63, 3.8) is 0 Å². The van der Waals surface area contributed by atoms with Crippen molar-refractivity contribution in [1.29, 1.82) is 0 Å². The molecule has 5 nitrogen and oxygen atoms in total. The van der Waals surface area contributed by atoms with E-state index in [1.165, 1.54) is 6.26 Å². The smallest absolute Gasteiger partial charge is 0.115 e. The fraction of sp³-hybridized carbons (Fsp3) is 0.857. The van der Waals surface area contributed by atoms with Gasteiger partial charge in [-0.1, -0.05) is 0 Å². The van der Waals surface area contributed by atoms with Crippen molar-refractivity contribution in [3.05, 3.63) is 0 Å². The van der Waals surface area contributed by atoms with Gasteiger partial charge in [0.25, 0.3) is 0 Å². The standard InChI is InChI=1S/C7H15NO4S/c1-13(2,11)12-6-4-8-3-5(9)7(6)10/h5-10H,1,3-4H2,2H3/t5-,6+,7-,13?/m0/s1. The molecule has 1 saturated heterocycles. The first-order chi connectivity index (χ1) is 5.90. The van der Waals surface area contributed by atoms with E-state index < -0.39 is 28.1 Å². The first kappa shape index (κ1) is 10.9. The van der Waals surface area contributed by atoms with E-state index in [-0.39, 0.29) is 0 Å². The highest BCUT2D eigenvalue weighted by Gasteiger charge is 2.32. The first-order valence-corrected chi connectivity index (χ1v) is 6.03. The Balaban J connectivity index is 2.59. The lowest BCUT2D eigenvalue weighted by Gasteiger charge is -2.32. The molecule has 4 atom stereocenters. The topological polar surface area (TPSA) is 78.8 Å². The summed E-state index contributed by atoms with van der Waals surface area (Å²) in [6, 6.07) is 0. The van der Waals surface area contributed by atoms with Gasteiger partial charge in [0.1, 0.15) is 12.2 Å². The second kappa shape index (κ2) is 3.93. The average Bonchev–Trinajstić information content (AvgIpc) is 1.96. The van der Waals surface area contributed by atoms with Crippen molar-refractivity contribution in [2.45, 2.75) is 18.3 Å². The van der Waals surface area contributed by atoms with Crippen LogP contribution in [0, 0.1) is 0 Å². The Kier molecular flexibility index (Phi) is 3.31. The number of rotatable bonds is 2. The van der Waals surface area contributed by atoms with Gasteiger partial charge < -0.3 is 15.5 Å². The zero-order valence-electron chi connectivity index (χ0n) is 7.47. The number of hydrogen-bond acceptors (Lipinski definition) is 5. The molecule has 1 rings (SSSR count). The van der Waals surface area contributed by atoms with E-state index in [2.05, 4.69) is 11.2 Å². The molecule has 1 fully saturated rings. The van der Waals surface area contributed by atoms with E-state index in [1.807, 2.05) is 0 Å². The maximum Gasteiger partial charge on any atom is 0.115 e. The molecule has 3 N–H and O–H groups in total. The third kappa shape index (κ3) is 3.24. The third-order valence-corrected chi connectivity index (χ3v) is 2.46. The Morgan fingerprint density at radius 1 is 1.54 bits per heavy atom. The average molecular weight is 209 g/mol. The molecule has 1 aliphatic rings. The summed E-state index contributed by atoms with van der Waals surface area (Å²) in [7, 11) is -2.59. The molecule has 78 valence electrons. The Morgan fingerprint density at radius 3 is 2.69 bits per heavy atom. The van der Waals surface area contributed by atoms with E-state index >= 15 is 0 Å². The highest BCUT2D eigenvalue weighted by Crippen LogP contribution is 2.10. The van der Waals surface area contributed by atoms with Crippen LogP contribution in [0.2, 0.25) is 0 Å². The van der Waals surface area contributed by atoms with Gasteiger partial charge in [-0.2, -0.15) is 0 Å². The molecule has 1 heterocycles. The second-order valence-corrected chi connectivity index (χ2v) is 5.32. The van der Waals surface area contributed by atoms with E-state index in [1.54, 1.807) is 0 Å². The van der Waals surface area contributed by atoms with Gasteiger partial charge in [0.15, 0.2) is 0 Å².